The highest BCUT2D eigenvalue weighted by molar-refractivity contribution is 14.0. The van der Waals surface area contributed by atoms with Crippen molar-refractivity contribution in [3.63, 3.8) is 0 Å². The van der Waals surface area contributed by atoms with Gasteiger partial charge in [-0.05, 0) is 33.6 Å². The van der Waals surface area contributed by atoms with E-state index in [2.05, 4.69) is 20.9 Å². The van der Waals surface area contributed by atoms with Crippen LogP contribution in [0, 0.1) is 0 Å². The fraction of sp³-hybridized carbons (Fsp3) is 0.867. The van der Waals surface area contributed by atoms with Gasteiger partial charge in [-0.2, -0.15) is 0 Å². The summed E-state index contributed by atoms with van der Waals surface area (Å²) in [5, 5.41) is 8.89. The lowest BCUT2D eigenvalue weighted by Gasteiger charge is -2.19. The first-order valence-electron chi connectivity index (χ1n) is 8.53. The van der Waals surface area contributed by atoms with Crippen molar-refractivity contribution in [3.8, 4) is 0 Å². The van der Waals surface area contributed by atoms with Crippen LogP contribution in [0.2, 0.25) is 0 Å². The van der Waals surface area contributed by atoms with E-state index in [1.54, 1.807) is 7.05 Å². The highest BCUT2D eigenvalue weighted by Crippen LogP contribution is 2.11. The molecule has 1 heterocycles. The Kier molecular flexibility index (Phi) is 11.4. The number of amides is 1. The molecule has 1 fully saturated rings. The topological polar surface area (TPSA) is 112 Å². The number of hydrogen-bond donors (Lipinski definition) is 3. The molecule has 0 saturated carbocycles. The molecule has 1 aliphatic heterocycles. The standard InChI is InChI=1S/C15H31N5O4S.HI/c1-15(2,3)24-14(21)19-8-5-7-17-13(16-4)18-9-11-20-10-6-12-25(20,22)23;/h5-12H2,1-4H3,(H,19,21)(H2,16,17,18);1H. The Morgan fingerprint density at radius 3 is 2.31 bits per heavy atom. The van der Waals surface area contributed by atoms with Crippen LogP contribution in [0.3, 0.4) is 0 Å². The number of nitrogens with zero attached hydrogens (tertiary/aromatic N) is 2. The summed E-state index contributed by atoms with van der Waals surface area (Å²) in [5.41, 5.74) is -0.503. The molecule has 1 aliphatic rings. The van der Waals surface area contributed by atoms with Crippen LogP contribution in [0.15, 0.2) is 4.99 Å². The van der Waals surface area contributed by atoms with Crippen LogP contribution in [-0.4, -0.2) is 75.9 Å². The monoisotopic (exact) mass is 505 g/mol. The number of rotatable bonds is 7. The van der Waals surface area contributed by atoms with Gasteiger partial charge < -0.3 is 20.7 Å². The van der Waals surface area contributed by atoms with E-state index in [-0.39, 0.29) is 29.7 Å². The van der Waals surface area contributed by atoms with E-state index in [0.717, 1.165) is 0 Å². The summed E-state index contributed by atoms with van der Waals surface area (Å²) in [7, 11) is -1.40. The van der Waals surface area contributed by atoms with E-state index in [0.29, 0.717) is 51.5 Å². The summed E-state index contributed by atoms with van der Waals surface area (Å²) in [4.78, 5) is 15.6. The minimum Gasteiger partial charge on any atom is -0.444 e. The number of nitrogens with one attached hydrogen (secondary N) is 3. The summed E-state index contributed by atoms with van der Waals surface area (Å²) in [5.74, 6) is 0.846. The van der Waals surface area contributed by atoms with E-state index >= 15 is 0 Å². The van der Waals surface area contributed by atoms with Crippen molar-refractivity contribution in [2.75, 3.05) is 45.5 Å². The number of halogens is 1. The van der Waals surface area contributed by atoms with Gasteiger partial charge >= 0.3 is 6.09 Å². The smallest absolute Gasteiger partial charge is 0.407 e. The molecule has 11 heteroatoms. The fourth-order valence-electron chi connectivity index (χ4n) is 2.26. The van der Waals surface area contributed by atoms with Crippen LogP contribution in [0.1, 0.15) is 33.6 Å². The van der Waals surface area contributed by atoms with E-state index < -0.39 is 21.7 Å². The molecule has 0 bridgehead atoms. The summed E-state index contributed by atoms with van der Waals surface area (Å²) in [6.45, 7) is 8.08. The molecular formula is C15H32IN5O4S. The molecule has 154 valence electrons. The number of carbonyl (C=O) groups is 1. The van der Waals surface area contributed by atoms with Gasteiger partial charge in [-0.3, -0.25) is 4.99 Å². The highest BCUT2D eigenvalue weighted by atomic mass is 127. The molecule has 0 aromatic heterocycles. The molecule has 26 heavy (non-hydrogen) atoms. The molecule has 0 aromatic carbocycles. The third kappa shape index (κ3) is 10.4. The number of carbonyl (C=O) groups excluding carboxylic acids is 1. The molecule has 0 aromatic rings. The molecule has 0 atom stereocenters. The van der Waals surface area contributed by atoms with Gasteiger partial charge in [-0.25, -0.2) is 17.5 Å². The minimum absolute atomic E-state index is 0. The van der Waals surface area contributed by atoms with Gasteiger partial charge in [0.05, 0.1) is 5.75 Å². The third-order valence-corrected chi connectivity index (χ3v) is 5.35. The van der Waals surface area contributed by atoms with Crippen LogP contribution < -0.4 is 16.0 Å². The summed E-state index contributed by atoms with van der Waals surface area (Å²) in [6, 6.07) is 0. The second kappa shape index (κ2) is 11.8. The Labute approximate surface area is 173 Å². The molecule has 1 rings (SSSR count). The Balaban J connectivity index is 0.00000625. The first-order valence-corrected chi connectivity index (χ1v) is 10.1. The number of hydrogen-bond acceptors (Lipinski definition) is 5. The van der Waals surface area contributed by atoms with E-state index in [4.69, 9.17) is 4.74 Å². The van der Waals surface area contributed by atoms with Gasteiger partial charge in [0.2, 0.25) is 10.0 Å². The van der Waals surface area contributed by atoms with Gasteiger partial charge in [0, 0.05) is 39.8 Å². The van der Waals surface area contributed by atoms with Crippen LogP contribution in [-0.2, 0) is 14.8 Å². The number of aliphatic imine (C=N–C) groups is 1. The largest absolute Gasteiger partial charge is 0.444 e. The lowest BCUT2D eigenvalue weighted by atomic mass is 10.2. The van der Waals surface area contributed by atoms with Crippen molar-refractivity contribution in [1.29, 1.82) is 0 Å². The molecule has 1 saturated heterocycles. The van der Waals surface area contributed by atoms with Crippen molar-refractivity contribution in [3.05, 3.63) is 0 Å². The zero-order valence-electron chi connectivity index (χ0n) is 16.0. The minimum atomic E-state index is -3.06. The molecule has 0 unspecified atom stereocenters. The van der Waals surface area contributed by atoms with Gasteiger partial charge in [0.1, 0.15) is 5.60 Å². The summed E-state index contributed by atoms with van der Waals surface area (Å²) in [6.07, 6.45) is 0.974. The van der Waals surface area contributed by atoms with Crippen molar-refractivity contribution >= 4 is 46.1 Å². The molecule has 1 amide bonds. The number of guanidine groups is 1. The van der Waals surface area contributed by atoms with Gasteiger partial charge in [0.15, 0.2) is 5.96 Å². The van der Waals surface area contributed by atoms with Gasteiger partial charge in [-0.1, -0.05) is 0 Å². The Morgan fingerprint density at radius 1 is 1.15 bits per heavy atom. The first kappa shape index (κ1) is 25.2. The molecule has 3 N–H and O–H groups in total. The SMILES string of the molecule is CN=C(NCCCNC(=O)OC(C)(C)C)NCCN1CCCS1(=O)=O.I. The maximum absolute atomic E-state index is 11.7. The lowest BCUT2D eigenvalue weighted by Crippen LogP contribution is -2.42. The Bertz CT molecular complexity index is 563. The molecular weight excluding hydrogens is 473 g/mol. The number of alkyl carbamates (subject to hydrolysis) is 1. The predicted molar refractivity (Wildman–Crippen MR) is 114 cm³/mol. The molecule has 0 aliphatic carbocycles. The van der Waals surface area contributed by atoms with Gasteiger partial charge in [0.25, 0.3) is 0 Å². The zero-order chi connectivity index (χ0) is 18.9. The maximum atomic E-state index is 11.7. The zero-order valence-corrected chi connectivity index (χ0v) is 19.1. The number of ether oxygens (including phenoxy) is 1. The van der Waals surface area contributed by atoms with Crippen LogP contribution in [0.25, 0.3) is 0 Å². The molecule has 0 spiro atoms. The first-order chi connectivity index (χ1) is 11.6. The van der Waals surface area contributed by atoms with Crippen LogP contribution >= 0.6 is 24.0 Å². The average molecular weight is 505 g/mol. The van der Waals surface area contributed by atoms with E-state index in [1.165, 1.54) is 4.31 Å². The average Bonchev–Trinajstić information content (AvgIpc) is 2.82. The Hall–Kier alpha value is -0.820. The summed E-state index contributed by atoms with van der Waals surface area (Å²) >= 11 is 0. The third-order valence-electron chi connectivity index (χ3n) is 3.39. The van der Waals surface area contributed by atoms with Crippen LogP contribution in [0.4, 0.5) is 4.79 Å². The van der Waals surface area contributed by atoms with Crippen LogP contribution in [0.5, 0.6) is 0 Å². The van der Waals surface area contributed by atoms with E-state index in [1.807, 2.05) is 20.8 Å². The number of sulfonamides is 1. The van der Waals surface area contributed by atoms with E-state index in [9.17, 15) is 13.2 Å². The fourth-order valence-corrected chi connectivity index (χ4v) is 3.79. The summed E-state index contributed by atoms with van der Waals surface area (Å²) < 4.78 is 30.0. The molecule has 0 radical (unpaired) electrons. The van der Waals surface area contributed by atoms with Crippen molar-refractivity contribution in [1.82, 2.24) is 20.3 Å². The second-order valence-electron chi connectivity index (χ2n) is 6.78. The second-order valence-corrected chi connectivity index (χ2v) is 8.87. The highest BCUT2D eigenvalue weighted by Gasteiger charge is 2.27. The molecule has 9 nitrogen and oxygen atoms in total. The predicted octanol–water partition coefficient (Wildman–Crippen LogP) is 0.720. The van der Waals surface area contributed by atoms with Crippen molar-refractivity contribution in [2.24, 2.45) is 4.99 Å². The van der Waals surface area contributed by atoms with Gasteiger partial charge in [-0.15, -0.1) is 24.0 Å². The Morgan fingerprint density at radius 2 is 1.77 bits per heavy atom. The van der Waals surface area contributed by atoms with Crippen molar-refractivity contribution in [2.45, 2.75) is 39.2 Å². The lowest BCUT2D eigenvalue weighted by molar-refractivity contribution is 0.0527. The van der Waals surface area contributed by atoms with Crippen molar-refractivity contribution < 1.29 is 17.9 Å². The quantitative estimate of drug-likeness (QED) is 0.204. The maximum Gasteiger partial charge on any atom is 0.407 e. The normalized spacial score (nSPS) is 17.3.